The molecule has 0 bridgehead atoms. The highest BCUT2D eigenvalue weighted by Crippen LogP contribution is 2.31. The van der Waals surface area contributed by atoms with Gasteiger partial charge in [-0.1, -0.05) is 44.2 Å². The first-order valence-electron chi connectivity index (χ1n) is 12.4. The van der Waals surface area contributed by atoms with E-state index in [2.05, 4.69) is 4.98 Å². The van der Waals surface area contributed by atoms with E-state index in [9.17, 15) is 19.2 Å². The Kier molecular flexibility index (Phi) is 9.81. The lowest BCUT2D eigenvalue weighted by Crippen LogP contribution is -2.43. The van der Waals surface area contributed by atoms with Gasteiger partial charge in [0.25, 0.3) is 0 Å². The summed E-state index contributed by atoms with van der Waals surface area (Å²) in [5, 5.41) is 0. The van der Waals surface area contributed by atoms with E-state index in [-0.39, 0.29) is 24.3 Å². The number of benzene rings is 1. The number of hydrogen-bond acceptors (Lipinski definition) is 10. The van der Waals surface area contributed by atoms with Gasteiger partial charge >= 0.3 is 17.9 Å². The fourth-order valence-electron chi connectivity index (χ4n) is 4.13. The lowest BCUT2D eigenvalue weighted by atomic mass is 9.91. The Labute approximate surface area is 221 Å². The van der Waals surface area contributed by atoms with Gasteiger partial charge in [-0.15, -0.1) is 0 Å². The Bertz CT molecular complexity index is 1150. The molecule has 2 heterocycles. The maximum Gasteiger partial charge on any atom is 0.313 e. The molecule has 1 aromatic heterocycles. The molecule has 0 aliphatic carbocycles. The maximum absolute atomic E-state index is 13.3. The molecule has 1 fully saturated rings. The number of methoxy groups -OCH3 is 2. The van der Waals surface area contributed by atoms with Gasteiger partial charge in [-0.25, -0.2) is 4.98 Å². The maximum atomic E-state index is 13.3. The SMILES string of the molecule is COc1ccnc(C(=O)CC2COC(=O)C(Cc3ccccc3)C(OC(=O)C(C)C)[C@H](C)OC2=O)c1OC. The van der Waals surface area contributed by atoms with Gasteiger partial charge in [0.15, 0.2) is 29.1 Å². The molecule has 10 heteroatoms. The van der Waals surface area contributed by atoms with Crippen LogP contribution in [0.5, 0.6) is 11.5 Å². The van der Waals surface area contributed by atoms with Crippen LogP contribution in [0.2, 0.25) is 0 Å². The number of nitrogens with zero attached hydrogens (tertiary/aromatic N) is 1. The van der Waals surface area contributed by atoms with Crippen LogP contribution in [0.25, 0.3) is 0 Å². The smallest absolute Gasteiger partial charge is 0.313 e. The third kappa shape index (κ3) is 6.87. The Morgan fingerprint density at radius 2 is 1.76 bits per heavy atom. The summed E-state index contributed by atoms with van der Waals surface area (Å²) in [5.74, 6) is -4.54. The second kappa shape index (κ2) is 13.0. The predicted molar refractivity (Wildman–Crippen MR) is 135 cm³/mol. The zero-order valence-electron chi connectivity index (χ0n) is 22.2. The average Bonchev–Trinajstić information content (AvgIpc) is 2.94. The van der Waals surface area contributed by atoms with Crippen molar-refractivity contribution in [2.45, 2.75) is 45.8 Å². The summed E-state index contributed by atoms with van der Waals surface area (Å²) >= 11 is 0. The van der Waals surface area contributed by atoms with Crippen LogP contribution in [-0.4, -0.2) is 61.7 Å². The van der Waals surface area contributed by atoms with Crippen LogP contribution in [0.1, 0.15) is 43.2 Å². The summed E-state index contributed by atoms with van der Waals surface area (Å²) in [6.07, 6.45) is -0.829. The molecule has 10 nitrogen and oxygen atoms in total. The van der Waals surface area contributed by atoms with Crippen LogP contribution < -0.4 is 9.47 Å². The zero-order chi connectivity index (χ0) is 27.8. The number of cyclic esters (lactones) is 2. The molecule has 38 heavy (non-hydrogen) atoms. The quantitative estimate of drug-likeness (QED) is 0.272. The molecule has 204 valence electrons. The number of pyridine rings is 1. The van der Waals surface area contributed by atoms with Crippen LogP contribution in [0.4, 0.5) is 0 Å². The number of carbonyl (C=O) groups is 4. The summed E-state index contributed by atoms with van der Waals surface area (Å²) < 4.78 is 27.4. The highest BCUT2D eigenvalue weighted by atomic mass is 16.6. The van der Waals surface area contributed by atoms with Crippen LogP contribution in [0.3, 0.4) is 0 Å². The summed E-state index contributed by atoms with van der Waals surface area (Å²) in [6, 6.07) is 10.7. The zero-order valence-corrected chi connectivity index (χ0v) is 22.2. The van der Waals surface area contributed by atoms with E-state index in [1.165, 1.54) is 20.4 Å². The summed E-state index contributed by atoms with van der Waals surface area (Å²) in [4.78, 5) is 56.2. The molecular formula is C28H33NO9. The van der Waals surface area contributed by atoms with Crippen LogP contribution >= 0.6 is 0 Å². The highest BCUT2D eigenvalue weighted by molar-refractivity contribution is 5.99. The fraction of sp³-hybridized carbons (Fsp3) is 0.464. The number of hydrogen-bond donors (Lipinski definition) is 0. The molecule has 0 spiro atoms. The van der Waals surface area contributed by atoms with Crippen molar-refractivity contribution in [3.8, 4) is 11.5 Å². The Hall–Kier alpha value is -3.95. The van der Waals surface area contributed by atoms with Crippen molar-refractivity contribution in [2.75, 3.05) is 20.8 Å². The summed E-state index contributed by atoms with van der Waals surface area (Å²) in [6.45, 7) is 4.50. The van der Waals surface area contributed by atoms with E-state index in [1.807, 2.05) is 30.3 Å². The molecule has 1 saturated heterocycles. The van der Waals surface area contributed by atoms with Crippen LogP contribution in [0.15, 0.2) is 42.6 Å². The number of ketones is 1. The third-order valence-corrected chi connectivity index (χ3v) is 6.23. The molecule has 0 radical (unpaired) electrons. The lowest BCUT2D eigenvalue weighted by Gasteiger charge is -2.29. The van der Waals surface area contributed by atoms with Gasteiger partial charge in [0.05, 0.1) is 26.1 Å². The number of ether oxygens (including phenoxy) is 5. The number of Topliss-reactive ketones (excluding diaryl/α,β-unsaturated/α-hetero) is 1. The largest absolute Gasteiger partial charge is 0.493 e. The van der Waals surface area contributed by atoms with Gasteiger partial charge in [0.2, 0.25) is 0 Å². The third-order valence-electron chi connectivity index (χ3n) is 6.23. The minimum Gasteiger partial charge on any atom is -0.493 e. The van der Waals surface area contributed by atoms with Crippen molar-refractivity contribution in [2.24, 2.45) is 17.8 Å². The van der Waals surface area contributed by atoms with E-state index < -0.39 is 60.3 Å². The fourth-order valence-corrected chi connectivity index (χ4v) is 4.13. The van der Waals surface area contributed by atoms with Crippen LogP contribution in [0, 0.1) is 17.8 Å². The normalized spacial score (nSPS) is 21.8. The summed E-state index contributed by atoms with van der Waals surface area (Å²) in [7, 11) is 2.80. The topological polar surface area (TPSA) is 127 Å². The number of carbonyl (C=O) groups excluding carboxylic acids is 4. The number of esters is 3. The van der Waals surface area contributed by atoms with Gasteiger partial charge in [-0.05, 0) is 18.9 Å². The molecule has 2 aromatic rings. The van der Waals surface area contributed by atoms with Gasteiger partial charge < -0.3 is 23.7 Å². The highest BCUT2D eigenvalue weighted by Gasteiger charge is 2.42. The van der Waals surface area contributed by atoms with Crippen molar-refractivity contribution in [3.05, 3.63) is 53.9 Å². The molecule has 0 saturated carbocycles. The van der Waals surface area contributed by atoms with Crippen molar-refractivity contribution in [3.63, 3.8) is 0 Å². The first-order valence-corrected chi connectivity index (χ1v) is 12.4. The van der Waals surface area contributed by atoms with Crippen molar-refractivity contribution >= 4 is 23.7 Å². The number of aromatic nitrogens is 1. The van der Waals surface area contributed by atoms with E-state index >= 15 is 0 Å². The molecule has 1 aliphatic heterocycles. The van der Waals surface area contributed by atoms with Gasteiger partial charge in [-0.2, -0.15) is 0 Å². The van der Waals surface area contributed by atoms with E-state index in [0.29, 0.717) is 5.75 Å². The van der Waals surface area contributed by atoms with Crippen molar-refractivity contribution < 1.29 is 42.9 Å². The molecule has 0 N–H and O–H groups in total. The average molecular weight is 528 g/mol. The van der Waals surface area contributed by atoms with Crippen molar-refractivity contribution in [1.29, 1.82) is 0 Å². The van der Waals surface area contributed by atoms with E-state index in [0.717, 1.165) is 5.56 Å². The molecule has 0 amide bonds. The standard InChI is InChI=1S/C28H33NO9/c1-16(2)26(31)38-24-17(3)37-27(32)19(14-21(30)23-25(35-5)22(34-4)11-12-29-23)15-36-28(33)20(24)13-18-9-7-6-8-10-18/h6-12,16-17,19-20,24H,13-15H2,1-5H3/t17-,19?,20?,24?/m0/s1. The van der Waals surface area contributed by atoms with Gasteiger partial charge in [0.1, 0.15) is 18.6 Å². The minimum atomic E-state index is -1.11. The van der Waals surface area contributed by atoms with E-state index in [4.69, 9.17) is 23.7 Å². The number of rotatable bonds is 9. The summed E-state index contributed by atoms with van der Waals surface area (Å²) in [5.41, 5.74) is 0.797. The van der Waals surface area contributed by atoms with Gasteiger partial charge in [-0.3, -0.25) is 19.2 Å². The first kappa shape index (κ1) is 28.6. The Balaban J connectivity index is 1.88. The van der Waals surface area contributed by atoms with E-state index in [1.54, 1.807) is 26.8 Å². The second-order valence-corrected chi connectivity index (χ2v) is 9.34. The molecule has 3 rings (SSSR count). The molecular weight excluding hydrogens is 494 g/mol. The monoisotopic (exact) mass is 527 g/mol. The Morgan fingerprint density at radius 3 is 2.39 bits per heavy atom. The van der Waals surface area contributed by atoms with Gasteiger partial charge in [0, 0.05) is 18.7 Å². The Morgan fingerprint density at radius 1 is 1.05 bits per heavy atom. The molecule has 4 atom stereocenters. The van der Waals surface area contributed by atoms with Crippen LogP contribution in [-0.2, 0) is 35.0 Å². The predicted octanol–water partition coefficient (Wildman–Crippen LogP) is 3.20. The first-order chi connectivity index (χ1) is 18.2. The second-order valence-electron chi connectivity index (χ2n) is 9.34. The molecule has 1 aromatic carbocycles. The molecule has 1 aliphatic rings. The lowest BCUT2D eigenvalue weighted by molar-refractivity contribution is -0.177. The van der Waals surface area contributed by atoms with Crippen molar-refractivity contribution in [1.82, 2.24) is 4.98 Å². The molecule has 3 unspecified atom stereocenters. The minimum absolute atomic E-state index is 0.0235.